The molecule has 2 N–H and O–H groups in total. The standard InChI is InChI=1S/C12H15N3O/c1-9(6-7-13)14-11-4-3-5-12(8-11)15-10(2)16/h3-5,8-9,14H,6H2,1-2H3,(H,15,16). The molecule has 0 saturated heterocycles. The van der Waals surface area contributed by atoms with E-state index in [1.807, 2.05) is 31.2 Å². The molecule has 0 fully saturated rings. The monoisotopic (exact) mass is 217 g/mol. The summed E-state index contributed by atoms with van der Waals surface area (Å²) in [7, 11) is 0. The maximum Gasteiger partial charge on any atom is 0.221 e. The van der Waals surface area contributed by atoms with E-state index in [0.717, 1.165) is 11.4 Å². The highest BCUT2D eigenvalue weighted by Gasteiger charge is 2.02. The first kappa shape index (κ1) is 12.1. The summed E-state index contributed by atoms with van der Waals surface area (Å²) < 4.78 is 0. The molecule has 0 aliphatic heterocycles. The van der Waals surface area contributed by atoms with E-state index in [9.17, 15) is 4.79 Å². The summed E-state index contributed by atoms with van der Waals surface area (Å²) in [6.07, 6.45) is 0.449. The summed E-state index contributed by atoms with van der Waals surface area (Å²) in [5.74, 6) is -0.0952. The largest absolute Gasteiger partial charge is 0.381 e. The lowest BCUT2D eigenvalue weighted by molar-refractivity contribution is -0.114. The van der Waals surface area contributed by atoms with Gasteiger partial charge in [0, 0.05) is 24.3 Å². The molecule has 1 amide bonds. The minimum absolute atomic E-state index is 0.0950. The Labute approximate surface area is 95.3 Å². The maximum absolute atomic E-state index is 10.9. The molecule has 4 heteroatoms. The van der Waals surface area contributed by atoms with Gasteiger partial charge in [-0.05, 0) is 25.1 Å². The molecule has 0 heterocycles. The minimum Gasteiger partial charge on any atom is -0.381 e. The molecule has 1 unspecified atom stereocenters. The van der Waals surface area contributed by atoms with E-state index in [2.05, 4.69) is 16.7 Å². The lowest BCUT2D eigenvalue weighted by Gasteiger charge is -2.12. The Morgan fingerprint density at radius 1 is 1.50 bits per heavy atom. The highest BCUT2D eigenvalue weighted by molar-refractivity contribution is 5.89. The first-order valence-corrected chi connectivity index (χ1v) is 5.13. The van der Waals surface area contributed by atoms with Gasteiger partial charge in [-0.3, -0.25) is 4.79 Å². The van der Waals surface area contributed by atoms with Gasteiger partial charge in [0.25, 0.3) is 0 Å². The van der Waals surface area contributed by atoms with Crippen molar-refractivity contribution in [2.45, 2.75) is 26.3 Å². The molecular formula is C12H15N3O. The zero-order chi connectivity index (χ0) is 12.0. The van der Waals surface area contributed by atoms with Crippen molar-refractivity contribution >= 4 is 17.3 Å². The Kier molecular flexibility index (Phi) is 4.34. The molecule has 0 aliphatic rings. The van der Waals surface area contributed by atoms with Crippen LogP contribution in [-0.2, 0) is 4.79 Å². The van der Waals surface area contributed by atoms with Gasteiger partial charge in [0.05, 0.1) is 12.5 Å². The number of nitrogens with one attached hydrogen (secondary N) is 2. The molecule has 0 radical (unpaired) electrons. The number of anilines is 2. The van der Waals surface area contributed by atoms with Crippen LogP contribution in [0.4, 0.5) is 11.4 Å². The van der Waals surface area contributed by atoms with Crippen molar-refractivity contribution in [1.82, 2.24) is 0 Å². The number of hydrogen-bond donors (Lipinski definition) is 2. The van der Waals surface area contributed by atoms with E-state index in [0.29, 0.717) is 6.42 Å². The third kappa shape index (κ3) is 4.01. The Morgan fingerprint density at radius 2 is 2.19 bits per heavy atom. The molecule has 0 bridgehead atoms. The molecule has 0 aromatic heterocycles. The minimum atomic E-state index is -0.0952. The van der Waals surface area contributed by atoms with E-state index in [1.165, 1.54) is 6.92 Å². The van der Waals surface area contributed by atoms with Crippen LogP contribution in [0.15, 0.2) is 24.3 Å². The van der Waals surface area contributed by atoms with Crippen LogP contribution in [0, 0.1) is 11.3 Å². The van der Waals surface area contributed by atoms with Gasteiger partial charge < -0.3 is 10.6 Å². The Bertz CT molecular complexity index is 409. The highest BCUT2D eigenvalue weighted by Crippen LogP contribution is 2.16. The van der Waals surface area contributed by atoms with Gasteiger partial charge in [-0.1, -0.05) is 6.07 Å². The van der Waals surface area contributed by atoms with Crippen LogP contribution in [0.25, 0.3) is 0 Å². The summed E-state index contributed by atoms with van der Waals surface area (Å²) in [6.45, 7) is 3.41. The summed E-state index contributed by atoms with van der Waals surface area (Å²) >= 11 is 0. The maximum atomic E-state index is 10.9. The van der Waals surface area contributed by atoms with Gasteiger partial charge in [0.2, 0.25) is 5.91 Å². The van der Waals surface area contributed by atoms with Crippen LogP contribution in [0.3, 0.4) is 0 Å². The zero-order valence-electron chi connectivity index (χ0n) is 9.45. The third-order valence-corrected chi connectivity index (χ3v) is 1.99. The first-order chi connectivity index (χ1) is 7.61. The summed E-state index contributed by atoms with van der Waals surface area (Å²) in [5.41, 5.74) is 1.65. The van der Waals surface area contributed by atoms with Crippen molar-refractivity contribution < 1.29 is 4.79 Å². The van der Waals surface area contributed by atoms with E-state index < -0.39 is 0 Å². The number of nitrogens with zero attached hydrogens (tertiary/aromatic N) is 1. The van der Waals surface area contributed by atoms with Crippen molar-refractivity contribution in [3.05, 3.63) is 24.3 Å². The molecule has 1 atom stereocenters. The predicted octanol–water partition coefficient (Wildman–Crippen LogP) is 2.36. The van der Waals surface area contributed by atoms with Crippen molar-refractivity contribution in [1.29, 1.82) is 5.26 Å². The molecule has 4 nitrogen and oxygen atoms in total. The normalized spacial score (nSPS) is 11.3. The number of benzene rings is 1. The Balaban J connectivity index is 2.67. The van der Waals surface area contributed by atoms with Crippen LogP contribution in [0.5, 0.6) is 0 Å². The lowest BCUT2D eigenvalue weighted by atomic mass is 10.2. The van der Waals surface area contributed by atoms with Gasteiger partial charge in [0.1, 0.15) is 0 Å². The molecule has 0 spiro atoms. The second-order valence-corrected chi connectivity index (χ2v) is 3.67. The average molecular weight is 217 g/mol. The number of amides is 1. The number of carbonyl (C=O) groups is 1. The lowest BCUT2D eigenvalue weighted by Crippen LogP contribution is -2.14. The van der Waals surface area contributed by atoms with Crippen LogP contribution >= 0.6 is 0 Å². The van der Waals surface area contributed by atoms with Gasteiger partial charge in [-0.15, -0.1) is 0 Å². The molecular weight excluding hydrogens is 202 g/mol. The van der Waals surface area contributed by atoms with E-state index in [-0.39, 0.29) is 11.9 Å². The van der Waals surface area contributed by atoms with Crippen LogP contribution in [-0.4, -0.2) is 11.9 Å². The Hall–Kier alpha value is -2.02. The average Bonchev–Trinajstić information content (AvgIpc) is 2.17. The first-order valence-electron chi connectivity index (χ1n) is 5.13. The molecule has 1 aromatic rings. The number of nitriles is 1. The van der Waals surface area contributed by atoms with Crippen LogP contribution < -0.4 is 10.6 Å². The van der Waals surface area contributed by atoms with Crippen LogP contribution in [0.2, 0.25) is 0 Å². The molecule has 0 aliphatic carbocycles. The molecule has 1 aromatic carbocycles. The topological polar surface area (TPSA) is 64.9 Å². The van der Waals surface area contributed by atoms with Gasteiger partial charge in [0.15, 0.2) is 0 Å². The van der Waals surface area contributed by atoms with E-state index in [4.69, 9.17) is 5.26 Å². The number of carbonyl (C=O) groups excluding carboxylic acids is 1. The van der Waals surface area contributed by atoms with Crippen LogP contribution in [0.1, 0.15) is 20.3 Å². The second-order valence-electron chi connectivity index (χ2n) is 3.67. The quantitative estimate of drug-likeness (QED) is 0.813. The smallest absolute Gasteiger partial charge is 0.221 e. The number of hydrogen-bond acceptors (Lipinski definition) is 3. The summed E-state index contributed by atoms with van der Waals surface area (Å²) in [4.78, 5) is 10.9. The van der Waals surface area contributed by atoms with E-state index in [1.54, 1.807) is 0 Å². The number of rotatable bonds is 4. The SMILES string of the molecule is CC(=O)Nc1cccc(NC(C)CC#N)c1. The zero-order valence-corrected chi connectivity index (χ0v) is 9.45. The highest BCUT2D eigenvalue weighted by atomic mass is 16.1. The van der Waals surface area contributed by atoms with Gasteiger partial charge in [-0.2, -0.15) is 5.26 Å². The molecule has 1 rings (SSSR count). The third-order valence-electron chi connectivity index (χ3n) is 1.99. The summed E-state index contributed by atoms with van der Waals surface area (Å²) in [5, 5.41) is 14.4. The fourth-order valence-electron chi connectivity index (χ4n) is 1.36. The van der Waals surface area contributed by atoms with Gasteiger partial charge >= 0.3 is 0 Å². The predicted molar refractivity (Wildman–Crippen MR) is 64.1 cm³/mol. The molecule has 84 valence electrons. The fourth-order valence-corrected chi connectivity index (χ4v) is 1.36. The molecule has 0 saturated carbocycles. The Morgan fingerprint density at radius 3 is 2.81 bits per heavy atom. The van der Waals surface area contributed by atoms with Crippen molar-refractivity contribution in [2.24, 2.45) is 0 Å². The van der Waals surface area contributed by atoms with Crippen molar-refractivity contribution in [3.63, 3.8) is 0 Å². The van der Waals surface area contributed by atoms with Gasteiger partial charge in [-0.25, -0.2) is 0 Å². The second kappa shape index (κ2) is 5.76. The van der Waals surface area contributed by atoms with E-state index >= 15 is 0 Å². The summed E-state index contributed by atoms with van der Waals surface area (Å²) in [6, 6.07) is 9.62. The molecule has 16 heavy (non-hydrogen) atoms. The van der Waals surface area contributed by atoms with Crippen molar-refractivity contribution in [3.8, 4) is 6.07 Å². The fraction of sp³-hybridized carbons (Fsp3) is 0.333. The van der Waals surface area contributed by atoms with Crippen molar-refractivity contribution in [2.75, 3.05) is 10.6 Å².